The monoisotopic (exact) mass is 330 g/mol. The van der Waals surface area contributed by atoms with Crippen LogP contribution in [0.3, 0.4) is 0 Å². The first-order chi connectivity index (χ1) is 12.2. The fourth-order valence-electron chi connectivity index (χ4n) is 4.08. The van der Waals surface area contributed by atoms with E-state index in [1.807, 2.05) is 72.0 Å². The number of amides is 1. The highest BCUT2D eigenvalue weighted by Gasteiger charge is 2.55. The summed E-state index contributed by atoms with van der Waals surface area (Å²) < 4.78 is 1.86. The molecule has 1 N–H and O–H groups in total. The second-order valence-corrected chi connectivity index (χ2v) is 6.53. The standard InChI is InChI=1S/C20H18N4O/c1-3-23-17-11-7-5-9-15(17)20(19(23)25)21-16-10-6-4-8-14(16)18-12-13(2)22-24(18)20/h4-12,21H,3H2,1-2H3. The molecule has 5 rings (SSSR count). The van der Waals surface area contributed by atoms with Crippen molar-refractivity contribution >= 4 is 17.3 Å². The molecule has 3 heterocycles. The van der Waals surface area contributed by atoms with Crippen LogP contribution in [-0.4, -0.2) is 22.2 Å². The van der Waals surface area contributed by atoms with Crippen molar-refractivity contribution in [3.63, 3.8) is 0 Å². The molecule has 124 valence electrons. The van der Waals surface area contributed by atoms with Crippen molar-refractivity contribution in [1.82, 2.24) is 9.78 Å². The first-order valence-electron chi connectivity index (χ1n) is 8.53. The highest BCUT2D eigenvalue weighted by Crippen LogP contribution is 2.48. The smallest absolute Gasteiger partial charge is 0.280 e. The fraction of sp³-hybridized carbons (Fsp3) is 0.200. The zero-order valence-corrected chi connectivity index (χ0v) is 14.2. The molecule has 2 aliphatic rings. The predicted molar refractivity (Wildman–Crippen MR) is 97.6 cm³/mol. The second kappa shape index (κ2) is 4.72. The molecule has 1 amide bonds. The van der Waals surface area contributed by atoms with E-state index in [2.05, 4.69) is 11.4 Å². The molecule has 0 saturated carbocycles. The van der Waals surface area contributed by atoms with E-state index in [0.29, 0.717) is 6.54 Å². The van der Waals surface area contributed by atoms with Gasteiger partial charge < -0.3 is 10.2 Å². The van der Waals surface area contributed by atoms with Gasteiger partial charge in [-0.15, -0.1) is 0 Å². The van der Waals surface area contributed by atoms with E-state index in [4.69, 9.17) is 5.10 Å². The quantitative estimate of drug-likeness (QED) is 0.744. The molecule has 0 bridgehead atoms. The lowest BCUT2D eigenvalue weighted by Gasteiger charge is -2.37. The number of para-hydroxylation sites is 2. The lowest BCUT2D eigenvalue weighted by molar-refractivity contribution is -0.123. The van der Waals surface area contributed by atoms with Gasteiger partial charge in [-0.2, -0.15) is 5.10 Å². The number of nitrogens with one attached hydrogen (secondary N) is 1. The van der Waals surface area contributed by atoms with Crippen molar-refractivity contribution in [3.05, 3.63) is 65.9 Å². The lowest BCUT2D eigenvalue weighted by Crippen LogP contribution is -2.53. The molecule has 2 aliphatic heterocycles. The van der Waals surface area contributed by atoms with Gasteiger partial charge >= 0.3 is 0 Å². The Kier molecular flexibility index (Phi) is 2.70. The highest BCUT2D eigenvalue weighted by molar-refractivity contribution is 6.10. The predicted octanol–water partition coefficient (Wildman–Crippen LogP) is 3.35. The van der Waals surface area contributed by atoms with Crippen molar-refractivity contribution in [3.8, 4) is 11.3 Å². The summed E-state index contributed by atoms with van der Waals surface area (Å²) >= 11 is 0. The molecule has 3 aromatic rings. The van der Waals surface area contributed by atoms with Gasteiger partial charge in [0.1, 0.15) is 0 Å². The van der Waals surface area contributed by atoms with Crippen LogP contribution in [-0.2, 0) is 10.5 Å². The maximum Gasteiger partial charge on any atom is 0.280 e. The maximum atomic E-state index is 13.6. The van der Waals surface area contributed by atoms with Crippen molar-refractivity contribution < 1.29 is 4.79 Å². The van der Waals surface area contributed by atoms with Crippen molar-refractivity contribution in [1.29, 1.82) is 0 Å². The summed E-state index contributed by atoms with van der Waals surface area (Å²) in [5.41, 5.74) is 4.75. The van der Waals surface area contributed by atoms with Crippen LogP contribution in [0.1, 0.15) is 18.2 Å². The zero-order valence-electron chi connectivity index (χ0n) is 14.2. The van der Waals surface area contributed by atoms with Crippen LogP contribution in [0.15, 0.2) is 54.6 Å². The van der Waals surface area contributed by atoms with E-state index in [-0.39, 0.29) is 5.91 Å². The molecular weight excluding hydrogens is 312 g/mol. The highest BCUT2D eigenvalue weighted by atomic mass is 16.2. The summed E-state index contributed by atoms with van der Waals surface area (Å²) in [6, 6.07) is 18.1. The van der Waals surface area contributed by atoms with Gasteiger partial charge in [-0.25, -0.2) is 4.68 Å². The van der Waals surface area contributed by atoms with Gasteiger partial charge in [0.2, 0.25) is 5.66 Å². The Hall–Kier alpha value is -3.08. The molecular formula is C20H18N4O. The minimum Gasteiger partial charge on any atom is -0.349 e. The Morgan fingerprint density at radius 2 is 1.88 bits per heavy atom. The van der Waals surface area contributed by atoms with Crippen LogP contribution in [0.2, 0.25) is 0 Å². The molecule has 0 saturated heterocycles. The molecule has 1 spiro atoms. The number of hydrogen-bond acceptors (Lipinski definition) is 3. The van der Waals surface area contributed by atoms with E-state index in [0.717, 1.165) is 33.9 Å². The fourth-order valence-corrected chi connectivity index (χ4v) is 4.08. The minimum atomic E-state index is -1.02. The SMILES string of the molecule is CCN1C(=O)C2(Nc3ccccc3-c3cc(C)nn32)c2ccccc21. The Bertz CT molecular complexity index is 1020. The van der Waals surface area contributed by atoms with Crippen molar-refractivity contribution in [2.75, 3.05) is 16.8 Å². The Morgan fingerprint density at radius 3 is 2.72 bits per heavy atom. The van der Waals surface area contributed by atoms with Gasteiger partial charge in [-0.05, 0) is 32.0 Å². The van der Waals surface area contributed by atoms with Crippen LogP contribution in [0.25, 0.3) is 11.3 Å². The number of nitrogens with zero attached hydrogens (tertiary/aromatic N) is 3. The summed E-state index contributed by atoms with van der Waals surface area (Å²) in [7, 11) is 0. The molecule has 0 fully saturated rings. The third-order valence-corrected chi connectivity index (χ3v) is 5.12. The van der Waals surface area contributed by atoms with E-state index in [1.54, 1.807) is 0 Å². The number of aromatic nitrogens is 2. The lowest BCUT2D eigenvalue weighted by atomic mass is 9.95. The molecule has 0 aliphatic carbocycles. The van der Waals surface area contributed by atoms with Gasteiger partial charge in [0.05, 0.1) is 17.1 Å². The number of hydrogen-bond donors (Lipinski definition) is 1. The number of fused-ring (bicyclic) bond motifs is 6. The Morgan fingerprint density at radius 1 is 1.12 bits per heavy atom. The van der Waals surface area contributed by atoms with Gasteiger partial charge in [0, 0.05) is 23.4 Å². The van der Waals surface area contributed by atoms with Gasteiger partial charge in [-0.1, -0.05) is 36.4 Å². The topological polar surface area (TPSA) is 50.2 Å². The number of anilines is 2. The summed E-state index contributed by atoms with van der Waals surface area (Å²) in [6.07, 6.45) is 0. The first kappa shape index (κ1) is 14.3. The molecule has 2 aromatic carbocycles. The molecule has 1 unspecified atom stereocenters. The average molecular weight is 330 g/mol. The molecule has 5 heteroatoms. The maximum absolute atomic E-state index is 13.6. The number of aryl methyl sites for hydroxylation is 1. The number of likely N-dealkylation sites (N-methyl/N-ethyl adjacent to an activating group) is 1. The Labute approximate surface area is 145 Å². The summed E-state index contributed by atoms with van der Waals surface area (Å²) in [6.45, 7) is 4.58. The van der Waals surface area contributed by atoms with E-state index < -0.39 is 5.66 Å². The average Bonchev–Trinajstić information content (AvgIpc) is 3.13. The summed E-state index contributed by atoms with van der Waals surface area (Å²) in [4.78, 5) is 15.4. The largest absolute Gasteiger partial charge is 0.349 e. The molecule has 1 aromatic heterocycles. The normalized spacial score (nSPS) is 20.2. The summed E-state index contributed by atoms with van der Waals surface area (Å²) in [5, 5.41) is 8.23. The van der Waals surface area contributed by atoms with Gasteiger partial charge in [0.25, 0.3) is 5.91 Å². The second-order valence-electron chi connectivity index (χ2n) is 6.53. The van der Waals surface area contributed by atoms with Crippen LogP contribution in [0, 0.1) is 6.92 Å². The molecule has 25 heavy (non-hydrogen) atoms. The number of carbonyl (C=O) groups is 1. The third kappa shape index (κ3) is 1.62. The van der Waals surface area contributed by atoms with E-state index in [9.17, 15) is 4.79 Å². The van der Waals surface area contributed by atoms with Crippen LogP contribution >= 0.6 is 0 Å². The molecule has 5 nitrogen and oxygen atoms in total. The Balaban J connectivity index is 1.87. The van der Waals surface area contributed by atoms with Crippen LogP contribution in [0.5, 0.6) is 0 Å². The number of carbonyl (C=O) groups excluding carboxylic acids is 1. The van der Waals surface area contributed by atoms with Crippen molar-refractivity contribution in [2.45, 2.75) is 19.5 Å². The molecule has 1 atom stereocenters. The van der Waals surface area contributed by atoms with Gasteiger partial charge in [0.15, 0.2) is 0 Å². The van der Waals surface area contributed by atoms with Gasteiger partial charge in [-0.3, -0.25) is 4.79 Å². The summed E-state index contributed by atoms with van der Waals surface area (Å²) in [5.74, 6) is 0.00931. The number of rotatable bonds is 1. The van der Waals surface area contributed by atoms with Crippen molar-refractivity contribution in [2.24, 2.45) is 0 Å². The third-order valence-electron chi connectivity index (χ3n) is 5.12. The zero-order chi connectivity index (χ0) is 17.2. The van der Waals surface area contributed by atoms with Crippen LogP contribution in [0.4, 0.5) is 11.4 Å². The number of benzene rings is 2. The minimum absolute atomic E-state index is 0.00931. The van der Waals surface area contributed by atoms with E-state index >= 15 is 0 Å². The molecule has 0 radical (unpaired) electrons. The first-order valence-corrected chi connectivity index (χ1v) is 8.53. The van der Waals surface area contributed by atoms with Crippen LogP contribution < -0.4 is 10.2 Å². The van der Waals surface area contributed by atoms with E-state index in [1.165, 1.54) is 0 Å².